The highest BCUT2D eigenvalue weighted by atomic mass is 32.1. The molecule has 4 N–H and O–H groups in total. The lowest BCUT2D eigenvalue weighted by Crippen LogP contribution is -2.44. The van der Waals surface area contributed by atoms with Gasteiger partial charge in [-0.2, -0.15) is 0 Å². The highest BCUT2D eigenvalue weighted by molar-refractivity contribution is 7.07. The van der Waals surface area contributed by atoms with Crippen molar-refractivity contribution in [3.63, 3.8) is 0 Å². The van der Waals surface area contributed by atoms with Crippen molar-refractivity contribution in [2.45, 2.75) is 19.6 Å². The second-order valence-corrected chi connectivity index (χ2v) is 5.20. The summed E-state index contributed by atoms with van der Waals surface area (Å²) in [5, 5.41) is 6.90. The minimum Gasteiger partial charge on any atom is -0.485 e. The molecule has 7 nitrogen and oxygen atoms in total. The number of amides is 3. The van der Waals surface area contributed by atoms with Gasteiger partial charge in [-0.1, -0.05) is 12.1 Å². The molecule has 0 aliphatic rings. The van der Waals surface area contributed by atoms with Crippen LogP contribution in [-0.2, 0) is 11.4 Å². The third-order valence-corrected chi connectivity index (χ3v) is 3.39. The maximum Gasteiger partial charge on any atom is 0.312 e. The van der Waals surface area contributed by atoms with Crippen LogP contribution in [0.4, 0.5) is 10.5 Å². The molecule has 0 unspecified atom stereocenters. The normalized spacial score (nSPS) is 11.5. The fraction of sp³-hybridized carbons (Fsp3) is 0.214. The molecule has 0 bridgehead atoms. The Morgan fingerprint density at radius 3 is 2.86 bits per heavy atom. The molecule has 0 spiro atoms. The molecule has 1 atom stereocenters. The standard InChI is InChI=1S/C14H16N4O3S/c1-9(17-14(15)20)13(19)18-11-4-2-3-5-12(11)21-6-10-7-22-8-16-10/h2-5,7-9H,6H2,1H3,(H,18,19)(H3,15,17,20)/t9-/m1/s1. The highest BCUT2D eigenvalue weighted by Gasteiger charge is 2.16. The van der Waals surface area contributed by atoms with E-state index in [1.54, 1.807) is 36.7 Å². The number of rotatable bonds is 6. The maximum absolute atomic E-state index is 12.0. The minimum atomic E-state index is -0.754. The van der Waals surface area contributed by atoms with E-state index in [-0.39, 0.29) is 5.91 Å². The average molecular weight is 320 g/mol. The number of nitrogens with one attached hydrogen (secondary N) is 2. The molecule has 0 radical (unpaired) electrons. The van der Waals surface area contributed by atoms with Crippen molar-refractivity contribution < 1.29 is 14.3 Å². The number of ether oxygens (including phenoxy) is 1. The van der Waals surface area contributed by atoms with Crippen molar-refractivity contribution >= 4 is 29.0 Å². The Hall–Kier alpha value is -2.61. The molecule has 2 rings (SSSR count). The van der Waals surface area contributed by atoms with Crippen LogP contribution >= 0.6 is 11.3 Å². The Kier molecular flexibility index (Phi) is 5.31. The van der Waals surface area contributed by atoms with Gasteiger partial charge in [0.15, 0.2) is 0 Å². The predicted molar refractivity (Wildman–Crippen MR) is 83.7 cm³/mol. The van der Waals surface area contributed by atoms with Crippen molar-refractivity contribution in [3.05, 3.63) is 40.8 Å². The first kappa shape index (κ1) is 15.8. The van der Waals surface area contributed by atoms with Crippen LogP contribution in [0.5, 0.6) is 5.75 Å². The number of hydrogen-bond acceptors (Lipinski definition) is 5. The van der Waals surface area contributed by atoms with Gasteiger partial charge in [0.05, 0.1) is 16.9 Å². The molecule has 3 amide bonds. The monoisotopic (exact) mass is 320 g/mol. The molecule has 1 aromatic heterocycles. The minimum absolute atomic E-state index is 0.311. The molecule has 116 valence electrons. The van der Waals surface area contributed by atoms with Crippen molar-refractivity contribution in [2.75, 3.05) is 5.32 Å². The van der Waals surface area contributed by atoms with Gasteiger partial charge >= 0.3 is 6.03 Å². The zero-order chi connectivity index (χ0) is 15.9. The predicted octanol–water partition coefficient (Wildman–Crippen LogP) is 1.72. The van der Waals surface area contributed by atoms with E-state index in [4.69, 9.17) is 10.5 Å². The quantitative estimate of drug-likeness (QED) is 0.753. The lowest BCUT2D eigenvalue weighted by molar-refractivity contribution is -0.117. The maximum atomic E-state index is 12.0. The van der Waals surface area contributed by atoms with Gasteiger partial charge in [-0.25, -0.2) is 9.78 Å². The molecule has 1 aromatic carbocycles. The summed E-state index contributed by atoms with van der Waals surface area (Å²) in [7, 11) is 0. The molecular weight excluding hydrogens is 304 g/mol. The molecule has 1 heterocycles. The molecule has 2 aromatic rings. The lowest BCUT2D eigenvalue weighted by Gasteiger charge is -2.15. The topological polar surface area (TPSA) is 106 Å². The molecule has 0 fully saturated rings. The summed E-state index contributed by atoms with van der Waals surface area (Å²) in [6.45, 7) is 1.85. The van der Waals surface area contributed by atoms with E-state index < -0.39 is 12.1 Å². The van der Waals surface area contributed by atoms with Gasteiger partial charge in [0.2, 0.25) is 5.91 Å². The molecule has 0 aliphatic carbocycles. The number of thiazole rings is 1. The summed E-state index contributed by atoms with van der Waals surface area (Å²) in [5.74, 6) is 0.138. The van der Waals surface area contributed by atoms with E-state index in [9.17, 15) is 9.59 Å². The fourth-order valence-electron chi connectivity index (χ4n) is 1.68. The van der Waals surface area contributed by atoms with Gasteiger partial charge in [-0.15, -0.1) is 11.3 Å². The summed E-state index contributed by atoms with van der Waals surface area (Å²) >= 11 is 1.49. The van der Waals surface area contributed by atoms with Crippen LogP contribution in [0.25, 0.3) is 0 Å². The third kappa shape index (κ3) is 4.45. The van der Waals surface area contributed by atoms with Gasteiger partial charge in [0.1, 0.15) is 18.4 Å². The van der Waals surface area contributed by atoms with Crippen molar-refractivity contribution in [1.82, 2.24) is 10.3 Å². The molecule has 0 aliphatic heterocycles. The first-order valence-corrected chi connectivity index (χ1v) is 7.46. The summed E-state index contributed by atoms with van der Waals surface area (Å²) < 4.78 is 5.66. The van der Waals surface area contributed by atoms with Crippen molar-refractivity contribution in [1.29, 1.82) is 0 Å². The number of urea groups is 1. The summed E-state index contributed by atoms with van der Waals surface area (Å²) in [5.41, 5.74) is 8.05. The Balaban J connectivity index is 2.01. The van der Waals surface area contributed by atoms with Gasteiger partial charge < -0.3 is 21.1 Å². The van der Waals surface area contributed by atoms with Crippen molar-refractivity contribution in [2.24, 2.45) is 5.73 Å². The van der Waals surface area contributed by atoms with E-state index in [0.29, 0.717) is 18.0 Å². The smallest absolute Gasteiger partial charge is 0.312 e. The number of hydrogen-bond donors (Lipinski definition) is 3. The zero-order valence-corrected chi connectivity index (χ0v) is 12.7. The molecule has 8 heteroatoms. The van der Waals surface area contributed by atoms with Crippen LogP contribution in [0.1, 0.15) is 12.6 Å². The molecular formula is C14H16N4O3S. The van der Waals surface area contributed by atoms with Crippen molar-refractivity contribution in [3.8, 4) is 5.75 Å². The number of primary amides is 1. The van der Waals surface area contributed by atoms with E-state index in [1.807, 2.05) is 5.38 Å². The van der Waals surface area contributed by atoms with E-state index in [0.717, 1.165) is 5.69 Å². The van der Waals surface area contributed by atoms with Crippen LogP contribution in [0.3, 0.4) is 0 Å². The van der Waals surface area contributed by atoms with Gasteiger partial charge in [0, 0.05) is 5.38 Å². The zero-order valence-electron chi connectivity index (χ0n) is 11.9. The number of nitrogens with two attached hydrogens (primary N) is 1. The average Bonchev–Trinajstić information content (AvgIpc) is 2.99. The first-order valence-electron chi connectivity index (χ1n) is 6.52. The lowest BCUT2D eigenvalue weighted by atomic mass is 10.2. The number of anilines is 1. The Labute approximate surface area is 131 Å². The Bertz CT molecular complexity index is 645. The number of benzene rings is 1. The number of aromatic nitrogens is 1. The van der Waals surface area contributed by atoms with Gasteiger partial charge in [-0.05, 0) is 19.1 Å². The van der Waals surface area contributed by atoms with Gasteiger partial charge in [0.25, 0.3) is 0 Å². The largest absolute Gasteiger partial charge is 0.485 e. The molecule has 22 heavy (non-hydrogen) atoms. The van der Waals surface area contributed by atoms with E-state index >= 15 is 0 Å². The first-order chi connectivity index (χ1) is 10.6. The van der Waals surface area contributed by atoms with E-state index in [1.165, 1.54) is 11.3 Å². The molecule has 0 saturated heterocycles. The second kappa shape index (κ2) is 7.41. The third-order valence-electron chi connectivity index (χ3n) is 2.76. The Morgan fingerprint density at radius 1 is 1.41 bits per heavy atom. The SMILES string of the molecule is C[C@@H](NC(N)=O)C(=O)Nc1ccccc1OCc1cscn1. The van der Waals surface area contributed by atoms with Crippen LogP contribution < -0.4 is 21.1 Å². The summed E-state index contributed by atoms with van der Waals surface area (Å²) in [4.78, 5) is 26.9. The number of carbonyl (C=O) groups excluding carboxylic acids is 2. The highest BCUT2D eigenvalue weighted by Crippen LogP contribution is 2.24. The fourth-order valence-corrected chi connectivity index (χ4v) is 2.22. The van der Waals surface area contributed by atoms with Gasteiger partial charge in [-0.3, -0.25) is 4.79 Å². The van der Waals surface area contributed by atoms with Crippen LogP contribution in [-0.4, -0.2) is 23.0 Å². The number of nitrogens with zero attached hydrogens (tertiary/aromatic N) is 1. The number of carbonyl (C=O) groups is 2. The van der Waals surface area contributed by atoms with E-state index in [2.05, 4.69) is 15.6 Å². The van der Waals surface area contributed by atoms with Crippen LogP contribution in [0.15, 0.2) is 35.2 Å². The van der Waals surface area contributed by atoms with Crippen LogP contribution in [0, 0.1) is 0 Å². The molecule has 0 saturated carbocycles. The summed E-state index contributed by atoms with van der Waals surface area (Å²) in [6.07, 6.45) is 0. The van der Waals surface area contributed by atoms with Crippen LogP contribution in [0.2, 0.25) is 0 Å². The Morgan fingerprint density at radius 2 is 2.18 bits per heavy atom. The summed E-state index contributed by atoms with van der Waals surface area (Å²) in [6, 6.07) is 5.54. The number of para-hydroxylation sites is 2. The second-order valence-electron chi connectivity index (χ2n) is 4.48.